The standard InChI is InChI=1S/C24H26ClNO7/c1-5-33-19-12-14(6-8-18(19)32-4)21-20(23(28)24(29)26(21)10-11-30-2)22(27)16-13-15(25)7-9-17(16)31-3/h6-9,12-13,21,27H,5,10-11H2,1-4H3/b22-20+. The van der Waals surface area contributed by atoms with Crippen LogP contribution in [-0.2, 0) is 14.3 Å². The molecule has 1 unspecified atom stereocenters. The zero-order valence-corrected chi connectivity index (χ0v) is 19.6. The molecule has 1 aliphatic rings. The molecular weight excluding hydrogens is 450 g/mol. The highest BCUT2D eigenvalue weighted by molar-refractivity contribution is 6.46. The minimum Gasteiger partial charge on any atom is -0.507 e. The molecule has 1 N–H and O–H groups in total. The Balaban J connectivity index is 2.25. The summed E-state index contributed by atoms with van der Waals surface area (Å²) >= 11 is 6.13. The van der Waals surface area contributed by atoms with Gasteiger partial charge in [0.1, 0.15) is 11.5 Å². The first-order chi connectivity index (χ1) is 15.9. The van der Waals surface area contributed by atoms with E-state index in [9.17, 15) is 14.7 Å². The van der Waals surface area contributed by atoms with Crippen molar-refractivity contribution in [1.82, 2.24) is 4.90 Å². The smallest absolute Gasteiger partial charge is 0.295 e. The highest BCUT2D eigenvalue weighted by Crippen LogP contribution is 2.43. The molecule has 176 valence electrons. The summed E-state index contributed by atoms with van der Waals surface area (Å²) in [5.41, 5.74) is 0.694. The first kappa shape index (κ1) is 24.4. The zero-order chi connectivity index (χ0) is 24.1. The van der Waals surface area contributed by atoms with Gasteiger partial charge in [0.15, 0.2) is 11.5 Å². The lowest BCUT2D eigenvalue weighted by Gasteiger charge is -2.26. The number of methoxy groups -OCH3 is 3. The molecule has 2 aromatic rings. The molecule has 1 aliphatic heterocycles. The summed E-state index contributed by atoms with van der Waals surface area (Å²) in [6.07, 6.45) is 0. The van der Waals surface area contributed by atoms with E-state index in [-0.39, 0.29) is 30.0 Å². The largest absolute Gasteiger partial charge is 0.507 e. The molecule has 1 atom stereocenters. The van der Waals surface area contributed by atoms with Crippen molar-refractivity contribution in [3.05, 3.63) is 58.1 Å². The Morgan fingerprint density at radius 3 is 2.36 bits per heavy atom. The van der Waals surface area contributed by atoms with Crippen molar-refractivity contribution in [1.29, 1.82) is 0 Å². The molecule has 0 aromatic heterocycles. The number of rotatable bonds is 9. The predicted octanol–water partition coefficient (Wildman–Crippen LogP) is 3.82. The lowest BCUT2D eigenvalue weighted by Crippen LogP contribution is -2.32. The van der Waals surface area contributed by atoms with E-state index in [1.165, 1.54) is 32.3 Å². The van der Waals surface area contributed by atoms with Gasteiger partial charge in [-0.1, -0.05) is 17.7 Å². The van der Waals surface area contributed by atoms with E-state index in [1.807, 2.05) is 6.92 Å². The van der Waals surface area contributed by atoms with Crippen molar-refractivity contribution in [3.8, 4) is 17.2 Å². The van der Waals surface area contributed by atoms with Gasteiger partial charge < -0.3 is 29.0 Å². The van der Waals surface area contributed by atoms with Crippen molar-refractivity contribution in [2.45, 2.75) is 13.0 Å². The molecule has 1 saturated heterocycles. The molecule has 1 fully saturated rings. The maximum atomic E-state index is 13.1. The average Bonchev–Trinajstić information content (AvgIpc) is 3.07. The Hall–Kier alpha value is -3.23. The van der Waals surface area contributed by atoms with E-state index in [2.05, 4.69) is 0 Å². The molecule has 0 saturated carbocycles. The van der Waals surface area contributed by atoms with Crippen molar-refractivity contribution < 1.29 is 33.6 Å². The number of nitrogens with zero attached hydrogens (tertiary/aromatic N) is 1. The Morgan fingerprint density at radius 1 is 1.03 bits per heavy atom. The molecule has 33 heavy (non-hydrogen) atoms. The second-order valence-corrected chi connectivity index (χ2v) is 7.61. The fraction of sp³-hybridized carbons (Fsp3) is 0.333. The van der Waals surface area contributed by atoms with Crippen molar-refractivity contribution >= 4 is 29.1 Å². The summed E-state index contributed by atoms with van der Waals surface area (Å²) in [6, 6.07) is 8.89. The molecule has 1 amide bonds. The second kappa shape index (κ2) is 10.6. The van der Waals surface area contributed by atoms with Gasteiger partial charge in [-0.05, 0) is 42.8 Å². The van der Waals surface area contributed by atoms with Crippen molar-refractivity contribution in [3.63, 3.8) is 0 Å². The van der Waals surface area contributed by atoms with E-state index < -0.39 is 17.7 Å². The Kier molecular flexibility index (Phi) is 7.84. The Bertz CT molecular complexity index is 1080. The fourth-order valence-electron chi connectivity index (χ4n) is 3.79. The Labute approximate surface area is 197 Å². The number of hydrogen-bond acceptors (Lipinski definition) is 7. The molecule has 8 nitrogen and oxygen atoms in total. The minimum absolute atomic E-state index is 0.0794. The summed E-state index contributed by atoms with van der Waals surface area (Å²) in [5.74, 6) is -0.672. The number of aliphatic hydroxyl groups is 1. The number of halogens is 1. The van der Waals surface area contributed by atoms with E-state index in [4.69, 9.17) is 30.5 Å². The van der Waals surface area contributed by atoms with Crippen LogP contribution in [-0.4, -0.2) is 62.8 Å². The number of hydrogen-bond donors (Lipinski definition) is 1. The van der Waals surface area contributed by atoms with Crippen LogP contribution in [0.15, 0.2) is 42.0 Å². The van der Waals surface area contributed by atoms with Crippen LogP contribution in [0.3, 0.4) is 0 Å². The number of ether oxygens (including phenoxy) is 4. The van der Waals surface area contributed by atoms with E-state index in [0.717, 1.165) is 0 Å². The first-order valence-corrected chi connectivity index (χ1v) is 10.7. The fourth-order valence-corrected chi connectivity index (χ4v) is 3.96. The third-order valence-electron chi connectivity index (χ3n) is 5.30. The minimum atomic E-state index is -0.881. The van der Waals surface area contributed by atoms with Crippen LogP contribution in [0, 0.1) is 0 Å². The third kappa shape index (κ3) is 4.77. The summed E-state index contributed by atoms with van der Waals surface area (Å²) in [6.45, 7) is 2.58. The van der Waals surface area contributed by atoms with E-state index in [0.29, 0.717) is 34.4 Å². The predicted molar refractivity (Wildman–Crippen MR) is 123 cm³/mol. The number of ketones is 1. The van der Waals surface area contributed by atoms with Crippen LogP contribution < -0.4 is 14.2 Å². The number of likely N-dealkylation sites (tertiary alicyclic amines) is 1. The zero-order valence-electron chi connectivity index (χ0n) is 18.9. The second-order valence-electron chi connectivity index (χ2n) is 7.17. The van der Waals surface area contributed by atoms with Gasteiger partial charge in [-0.15, -0.1) is 0 Å². The van der Waals surface area contributed by atoms with Gasteiger partial charge in [0.2, 0.25) is 0 Å². The van der Waals surface area contributed by atoms with Crippen molar-refractivity contribution in [2.24, 2.45) is 0 Å². The van der Waals surface area contributed by atoms with Gasteiger partial charge in [-0.2, -0.15) is 0 Å². The van der Waals surface area contributed by atoms with Crippen LogP contribution in [0.2, 0.25) is 5.02 Å². The topological polar surface area (TPSA) is 94.5 Å². The maximum Gasteiger partial charge on any atom is 0.295 e. The molecule has 0 radical (unpaired) electrons. The summed E-state index contributed by atoms with van der Waals surface area (Å²) in [4.78, 5) is 27.4. The highest BCUT2D eigenvalue weighted by Gasteiger charge is 2.46. The van der Waals surface area contributed by atoms with Gasteiger partial charge in [-0.3, -0.25) is 9.59 Å². The number of aliphatic hydroxyl groups excluding tert-OH is 1. The molecule has 0 spiro atoms. The number of carbonyl (C=O) groups excluding carboxylic acids is 2. The number of Topliss-reactive ketones (excluding diaryl/α,β-unsaturated/α-hetero) is 1. The average molecular weight is 476 g/mol. The number of carbonyl (C=O) groups is 2. The number of benzene rings is 2. The van der Waals surface area contributed by atoms with Crippen LogP contribution in [0.1, 0.15) is 24.1 Å². The van der Waals surface area contributed by atoms with E-state index >= 15 is 0 Å². The summed E-state index contributed by atoms with van der Waals surface area (Å²) < 4.78 is 21.5. The number of amides is 1. The highest BCUT2D eigenvalue weighted by atomic mass is 35.5. The van der Waals surface area contributed by atoms with Crippen LogP contribution >= 0.6 is 11.6 Å². The monoisotopic (exact) mass is 475 g/mol. The van der Waals surface area contributed by atoms with Gasteiger partial charge in [0, 0.05) is 18.7 Å². The van der Waals surface area contributed by atoms with Gasteiger partial charge in [0.25, 0.3) is 11.7 Å². The van der Waals surface area contributed by atoms with Crippen LogP contribution in [0.5, 0.6) is 17.2 Å². The third-order valence-corrected chi connectivity index (χ3v) is 5.53. The lowest BCUT2D eigenvalue weighted by atomic mass is 9.94. The molecule has 1 heterocycles. The van der Waals surface area contributed by atoms with Gasteiger partial charge in [0.05, 0.1) is 44.6 Å². The van der Waals surface area contributed by atoms with Crippen LogP contribution in [0.4, 0.5) is 0 Å². The molecule has 0 bridgehead atoms. The van der Waals surface area contributed by atoms with Gasteiger partial charge >= 0.3 is 0 Å². The molecule has 9 heteroatoms. The van der Waals surface area contributed by atoms with Gasteiger partial charge in [-0.25, -0.2) is 0 Å². The first-order valence-electron chi connectivity index (χ1n) is 10.3. The molecular formula is C24H26ClNO7. The summed E-state index contributed by atoms with van der Waals surface area (Å²) in [5, 5.41) is 11.6. The van der Waals surface area contributed by atoms with Crippen molar-refractivity contribution in [2.75, 3.05) is 41.1 Å². The normalized spacial score (nSPS) is 17.4. The van der Waals surface area contributed by atoms with Crippen LogP contribution in [0.25, 0.3) is 5.76 Å². The molecule has 3 rings (SSSR count). The quantitative estimate of drug-likeness (QED) is 0.334. The molecule has 2 aromatic carbocycles. The maximum absolute atomic E-state index is 13.1. The SMILES string of the molecule is CCOc1cc(C2/C(=C(\O)c3cc(Cl)ccc3OC)C(=O)C(=O)N2CCOC)ccc1OC. The molecule has 0 aliphatic carbocycles. The lowest BCUT2D eigenvalue weighted by molar-refractivity contribution is -0.140. The Morgan fingerprint density at radius 2 is 1.73 bits per heavy atom. The van der Waals surface area contributed by atoms with E-state index in [1.54, 1.807) is 30.3 Å². The summed E-state index contributed by atoms with van der Waals surface area (Å²) in [7, 11) is 4.46.